The first-order chi connectivity index (χ1) is 11.4. The zero-order chi connectivity index (χ0) is 18.5. The van der Waals surface area contributed by atoms with E-state index in [1.165, 1.54) is 0 Å². The van der Waals surface area contributed by atoms with E-state index in [-0.39, 0.29) is 5.97 Å². The van der Waals surface area contributed by atoms with Crippen LogP contribution >= 0.6 is 19.5 Å². The molecular formula is C19H42NO2PS. The van der Waals surface area contributed by atoms with Crippen molar-refractivity contribution in [2.75, 3.05) is 30.4 Å². The van der Waals surface area contributed by atoms with Gasteiger partial charge in [-0.25, -0.2) is 0 Å². The molecule has 1 atom stereocenters. The van der Waals surface area contributed by atoms with E-state index >= 15 is 0 Å². The Morgan fingerprint density at radius 1 is 0.875 bits per heavy atom. The van der Waals surface area contributed by atoms with Gasteiger partial charge in [-0.1, -0.05) is 0 Å². The fraction of sp³-hybridized carbons (Fsp3) is 0.947. The van der Waals surface area contributed by atoms with Crippen molar-refractivity contribution in [1.82, 2.24) is 0 Å². The summed E-state index contributed by atoms with van der Waals surface area (Å²) in [5, 5.41) is 0. The Hall–Kier alpha value is 0.210. The Morgan fingerprint density at radius 2 is 1.21 bits per heavy atom. The van der Waals surface area contributed by atoms with Crippen LogP contribution in [0.5, 0.6) is 0 Å². The van der Waals surface area contributed by atoms with Gasteiger partial charge in [0.2, 0.25) is 0 Å². The number of nitrogens with two attached hydrogens (primary N) is 1. The second-order valence-electron chi connectivity index (χ2n) is 7.37. The normalized spacial score (nSPS) is 14.8. The Balaban J connectivity index is 5.76. The van der Waals surface area contributed by atoms with Gasteiger partial charge in [-0.2, -0.15) is 0 Å². The van der Waals surface area contributed by atoms with E-state index in [2.05, 4.69) is 40.3 Å². The van der Waals surface area contributed by atoms with Crippen LogP contribution in [-0.4, -0.2) is 42.4 Å². The van der Waals surface area contributed by atoms with Gasteiger partial charge < -0.3 is 0 Å². The van der Waals surface area contributed by atoms with Crippen LogP contribution < -0.4 is 5.73 Å². The van der Waals surface area contributed by atoms with Gasteiger partial charge in [-0.15, -0.1) is 0 Å². The summed E-state index contributed by atoms with van der Waals surface area (Å²) in [6.45, 7) is 6.38. The molecular weight excluding hydrogens is 337 g/mol. The van der Waals surface area contributed by atoms with Gasteiger partial charge in [0.25, 0.3) is 0 Å². The molecule has 0 aromatic rings. The molecule has 0 aliphatic heterocycles. The van der Waals surface area contributed by atoms with Crippen LogP contribution in [0.15, 0.2) is 0 Å². The topological polar surface area (TPSA) is 52.3 Å². The molecule has 0 aromatic heterocycles. The molecule has 0 unspecified atom stereocenters. The summed E-state index contributed by atoms with van der Waals surface area (Å²) in [6.07, 6.45) is 13.6. The molecule has 0 aromatic carbocycles. The molecule has 0 aliphatic carbocycles. The third kappa shape index (κ3) is 7.62. The average molecular weight is 380 g/mol. The number of hydrogen-bond acceptors (Lipinski definition) is 4. The molecule has 3 nitrogen and oxygen atoms in total. The van der Waals surface area contributed by atoms with Crippen LogP contribution in [0, 0.1) is 0 Å². The van der Waals surface area contributed by atoms with Crippen LogP contribution in [0.3, 0.4) is 0 Å². The fourth-order valence-corrected chi connectivity index (χ4v) is 10.4. The molecule has 0 saturated carbocycles. The Morgan fingerprint density at radius 3 is 1.46 bits per heavy atom. The van der Waals surface area contributed by atoms with Crippen molar-refractivity contribution in [3.8, 4) is 0 Å². The van der Waals surface area contributed by atoms with E-state index in [0.29, 0.717) is 5.75 Å². The van der Waals surface area contributed by atoms with Gasteiger partial charge in [-0.05, 0) is 0 Å². The number of rotatable bonds is 15. The average Bonchev–Trinajstić information content (AvgIpc) is 2.61. The monoisotopic (exact) mass is 379 g/mol. The van der Waals surface area contributed by atoms with E-state index in [0.717, 1.165) is 76.0 Å². The van der Waals surface area contributed by atoms with Gasteiger partial charge in [-0.3, -0.25) is 0 Å². The molecule has 146 valence electrons. The zero-order valence-electron chi connectivity index (χ0n) is 16.6. The van der Waals surface area contributed by atoms with Crippen molar-refractivity contribution in [3.05, 3.63) is 0 Å². The molecule has 0 heterocycles. The molecule has 0 bridgehead atoms. The minimum atomic E-state index is -2.53. The zero-order valence-corrected chi connectivity index (χ0v) is 18.3. The van der Waals surface area contributed by atoms with Gasteiger partial charge in [0.15, 0.2) is 0 Å². The minimum absolute atomic E-state index is 0.206. The second kappa shape index (κ2) is 12.5. The summed E-state index contributed by atoms with van der Waals surface area (Å²) in [5.74, 6) is 0.149. The Labute approximate surface area is 156 Å². The van der Waals surface area contributed by atoms with Crippen molar-refractivity contribution in [2.45, 2.75) is 85.1 Å². The molecule has 0 fully saturated rings. The first kappa shape index (κ1) is 24.2. The van der Waals surface area contributed by atoms with Crippen molar-refractivity contribution in [2.24, 2.45) is 5.73 Å². The van der Waals surface area contributed by atoms with E-state index in [9.17, 15) is 4.79 Å². The third-order valence-corrected chi connectivity index (χ3v) is 12.0. The maximum absolute atomic E-state index is 12.7. The van der Waals surface area contributed by atoms with E-state index in [4.69, 9.17) is 10.3 Å². The molecule has 0 radical (unpaired) electrons. The van der Waals surface area contributed by atoms with E-state index in [1.807, 2.05) is 0 Å². The first-order valence-electron chi connectivity index (χ1n) is 10.0. The van der Waals surface area contributed by atoms with Gasteiger partial charge in [0.1, 0.15) is 0 Å². The Kier molecular flexibility index (Phi) is 12.7. The van der Waals surface area contributed by atoms with E-state index in [1.54, 1.807) is 0 Å². The third-order valence-electron chi connectivity index (χ3n) is 5.16. The summed E-state index contributed by atoms with van der Waals surface area (Å²) in [4.78, 5) is 12.7. The summed E-state index contributed by atoms with van der Waals surface area (Å²) in [5.41, 5.74) is 5.97. The predicted octanol–water partition coefficient (Wildman–Crippen LogP) is 5.46. The van der Waals surface area contributed by atoms with Gasteiger partial charge in [0.05, 0.1) is 0 Å². The van der Waals surface area contributed by atoms with Crippen molar-refractivity contribution in [1.29, 1.82) is 0 Å². The number of unbranched alkanes of at least 4 members (excludes halogenated alkanes) is 4. The maximum atomic E-state index is 12.7. The molecule has 0 amide bonds. The Bertz CT molecular complexity index is 309. The summed E-state index contributed by atoms with van der Waals surface area (Å²) >= 11 is 4.20. The number of thiol groups is 1. The van der Waals surface area contributed by atoms with Crippen molar-refractivity contribution in [3.63, 3.8) is 0 Å². The van der Waals surface area contributed by atoms with Crippen molar-refractivity contribution >= 4 is 25.4 Å². The first-order valence-corrected chi connectivity index (χ1v) is 13.6. The number of carbonyl (C=O) groups is 1. The molecule has 0 rings (SSSR count). The summed E-state index contributed by atoms with van der Waals surface area (Å²) < 4.78 is 6.50. The summed E-state index contributed by atoms with van der Waals surface area (Å²) in [7, 11) is 0. The van der Waals surface area contributed by atoms with Crippen LogP contribution in [0.25, 0.3) is 0 Å². The summed E-state index contributed by atoms with van der Waals surface area (Å²) in [6, 6.07) is -0.596. The fourth-order valence-electron chi connectivity index (χ4n) is 3.48. The predicted molar refractivity (Wildman–Crippen MR) is 114 cm³/mol. The van der Waals surface area contributed by atoms with Crippen LogP contribution in [0.2, 0.25) is 0 Å². The molecule has 0 spiro atoms. The standard InChI is InChI=1S/C19H42NO2PS/c1-5-9-13-23(14-10-6-2,15-11-7-3,16-12-8-4)22-19(21)18(20)17-24/h18,24H,5-17,20H2,1-4H3/t18-/m1/s1. The van der Waals surface area contributed by atoms with Gasteiger partial charge >= 0.3 is 156 Å². The van der Waals surface area contributed by atoms with Gasteiger partial charge in [0, 0.05) is 0 Å². The van der Waals surface area contributed by atoms with Crippen LogP contribution in [0.4, 0.5) is 0 Å². The quantitative estimate of drug-likeness (QED) is 0.294. The van der Waals surface area contributed by atoms with E-state index < -0.39 is 12.9 Å². The number of hydrogen-bond donors (Lipinski definition) is 2. The van der Waals surface area contributed by atoms with Crippen LogP contribution in [0.1, 0.15) is 79.1 Å². The molecule has 0 saturated heterocycles. The molecule has 24 heavy (non-hydrogen) atoms. The molecule has 5 heteroatoms. The molecule has 2 N–H and O–H groups in total. The number of carbonyl (C=O) groups excluding carboxylic acids is 1. The van der Waals surface area contributed by atoms with Crippen LogP contribution in [-0.2, 0) is 9.32 Å². The molecule has 0 aliphatic rings. The second-order valence-corrected chi connectivity index (χ2v) is 13.4. The van der Waals surface area contributed by atoms with Crippen molar-refractivity contribution < 1.29 is 9.32 Å². The SMILES string of the molecule is CCCCP(CCCC)(CCCC)(CCCC)OC(=O)[C@H](N)CS.